The van der Waals surface area contributed by atoms with Gasteiger partial charge in [0.2, 0.25) is 0 Å². The van der Waals surface area contributed by atoms with Crippen molar-refractivity contribution in [2.45, 2.75) is 26.2 Å². The van der Waals surface area contributed by atoms with Crippen molar-refractivity contribution in [1.29, 1.82) is 0 Å². The molecule has 0 aromatic carbocycles. The summed E-state index contributed by atoms with van der Waals surface area (Å²) < 4.78 is 8.55. The Morgan fingerprint density at radius 2 is 1.47 bits per heavy atom. The largest absolute Gasteiger partial charge is 0.393 e. The van der Waals surface area contributed by atoms with Crippen LogP contribution < -0.4 is 0 Å². The minimum Gasteiger partial charge on any atom is -0.393 e. The third kappa shape index (κ3) is 3.07. The number of ether oxygens (including phenoxy) is 2. The first-order valence-electron chi connectivity index (χ1n) is 6.16. The Balaban J connectivity index is 0.000000163. The van der Waals surface area contributed by atoms with E-state index in [0.717, 1.165) is 31.4 Å². The summed E-state index contributed by atoms with van der Waals surface area (Å²) in [5.41, 5.74) is 0. The second-order valence-electron chi connectivity index (χ2n) is 4.94. The van der Waals surface area contributed by atoms with Crippen LogP contribution in [0.15, 0.2) is 12.2 Å². The Kier molecular flexibility index (Phi) is 3.78. The fourth-order valence-electron chi connectivity index (χ4n) is 2.48. The van der Waals surface area contributed by atoms with E-state index in [1.165, 1.54) is 0 Å². The van der Waals surface area contributed by atoms with Crippen molar-refractivity contribution in [3.8, 4) is 0 Å². The molecule has 1 aliphatic carbocycles. The van der Waals surface area contributed by atoms with Crippen molar-refractivity contribution < 1.29 is 28.7 Å². The van der Waals surface area contributed by atoms with E-state index >= 15 is 0 Å². The maximum Gasteiger partial charge on any atom is 0.338 e. The number of cyclic esters (lactones) is 4. The number of fused-ring (bicyclic) bond motifs is 1. The van der Waals surface area contributed by atoms with Gasteiger partial charge in [-0.05, 0) is 25.2 Å². The molecule has 0 amide bonds. The molecule has 0 aromatic rings. The molecule has 2 heterocycles. The van der Waals surface area contributed by atoms with Crippen molar-refractivity contribution in [1.82, 2.24) is 0 Å². The van der Waals surface area contributed by atoms with Crippen molar-refractivity contribution in [2.75, 3.05) is 0 Å². The van der Waals surface area contributed by atoms with Crippen LogP contribution in [-0.4, -0.2) is 23.9 Å². The molecule has 3 unspecified atom stereocenters. The molecule has 102 valence electrons. The highest BCUT2D eigenvalue weighted by Gasteiger charge is 2.46. The van der Waals surface area contributed by atoms with Crippen molar-refractivity contribution in [3.63, 3.8) is 0 Å². The van der Waals surface area contributed by atoms with Gasteiger partial charge in [-0.15, -0.1) is 0 Å². The highest BCUT2D eigenvalue weighted by Crippen LogP contribution is 2.38. The van der Waals surface area contributed by atoms with E-state index in [9.17, 15) is 19.2 Å². The number of hydrogen-bond donors (Lipinski definition) is 0. The molecule has 6 heteroatoms. The minimum atomic E-state index is -0.579. The standard InChI is InChI=1S/C9H12O3.C4H2O3/c1-5-2-3-6-7(4-5)9(11)12-8(6)10;5-3-1-2-4(6)7-3/h5-7H,2-4H2,1H3;1-2H. The van der Waals surface area contributed by atoms with Gasteiger partial charge in [-0.25, -0.2) is 9.59 Å². The van der Waals surface area contributed by atoms with E-state index < -0.39 is 11.9 Å². The third-order valence-corrected chi connectivity index (χ3v) is 3.48. The zero-order valence-corrected chi connectivity index (χ0v) is 10.5. The van der Waals surface area contributed by atoms with Crippen LogP contribution in [0.5, 0.6) is 0 Å². The smallest absolute Gasteiger partial charge is 0.338 e. The van der Waals surface area contributed by atoms with Gasteiger partial charge in [-0.1, -0.05) is 6.92 Å². The van der Waals surface area contributed by atoms with Crippen molar-refractivity contribution in [3.05, 3.63) is 12.2 Å². The van der Waals surface area contributed by atoms with Gasteiger partial charge in [0.1, 0.15) is 0 Å². The average Bonchev–Trinajstić information content (AvgIpc) is 2.84. The fourth-order valence-corrected chi connectivity index (χ4v) is 2.48. The summed E-state index contributed by atoms with van der Waals surface area (Å²) in [4.78, 5) is 42.1. The monoisotopic (exact) mass is 266 g/mol. The maximum absolute atomic E-state index is 11.1. The molecule has 19 heavy (non-hydrogen) atoms. The Hall–Kier alpha value is -1.98. The molecule has 3 aliphatic rings. The van der Waals surface area contributed by atoms with Crippen LogP contribution in [0, 0.1) is 17.8 Å². The topological polar surface area (TPSA) is 86.7 Å². The lowest BCUT2D eigenvalue weighted by molar-refractivity contribution is -0.154. The van der Waals surface area contributed by atoms with Crippen LogP contribution in [0.2, 0.25) is 0 Å². The fraction of sp³-hybridized carbons (Fsp3) is 0.538. The first kappa shape index (κ1) is 13.5. The van der Waals surface area contributed by atoms with Gasteiger partial charge in [-0.3, -0.25) is 9.59 Å². The lowest BCUT2D eigenvalue weighted by Gasteiger charge is -2.24. The molecule has 0 radical (unpaired) electrons. The van der Waals surface area contributed by atoms with Crippen LogP contribution in [0.4, 0.5) is 0 Å². The molecular weight excluding hydrogens is 252 g/mol. The van der Waals surface area contributed by atoms with E-state index in [1.807, 2.05) is 0 Å². The second-order valence-corrected chi connectivity index (χ2v) is 4.94. The summed E-state index contributed by atoms with van der Waals surface area (Å²) >= 11 is 0. The van der Waals surface area contributed by atoms with E-state index in [1.54, 1.807) is 0 Å². The summed E-state index contributed by atoms with van der Waals surface area (Å²) in [6.07, 6.45) is 4.87. The van der Waals surface area contributed by atoms with Gasteiger partial charge in [-0.2, -0.15) is 0 Å². The lowest BCUT2D eigenvalue weighted by atomic mass is 9.76. The Morgan fingerprint density at radius 1 is 0.895 bits per heavy atom. The van der Waals surface area contributed by atoms with Gasteiger partial charge in [0.15, 0.2) is 0 Å². The molecular formula is C13H14O6. The normalized spacial score (nSPS) is 32.4. The molecule has 3 rings (SSSR count). The summed E-state index contributed by atoms with van der Waals surface area (Å²) in [6, 6.07) is 0. The average molecular weight is 266 g/mol. The molecule has 0 aromatic heterocycles. The highest BCUT2D eigenvalue weighted by atomic mass is 16.6. The number of esters is 4. The van der Waals surface area contributed by atoms with Gasteiger partial charge in [0, 0.05) is 12.2 Å². The molecule has 0 N–H and O–H groups in total. The quantitative estimate of drug-likeness (QED) is 0.475. The molecule has 1 saturated heterocycles. The minimum absolute atomic E-state index is 0.117. The lowest BCUT2D eigenvalue weighted by Crippen LogP contribution is -2.25. The number of rotatable bonds is 0. The predicted octanol–water partition coefficient (Wildman–Crippen LogP) is 0.748. The van der Waals surface area contributed by atoms with Gasteiger partial charge >= 0.3 is 23.9 Å². The molecule has 3 atom stereocenters. The second kappa shape index (κ2) is 5.34. The van der Waals surface area contributed by atoms with E-state index in [2.05, 4.69) is 16.4 Å². The molecule has 2 aliphatic heterocycles. The van der Waals surface area contributed by atoms with Gasteiger partial charge in [0.25, 0.3) is 0 Å². The molecule has 1 saturated carbocycles. The zero-order chi connectivity index (χ0) is 14.0. The van der Waals surface area contributed by atoms with Crippen LogP contribution in [0.25, 0.3) is 0 Å². The molecule has 0 bridgehead atoms. The van der Waals surface area contributed by atoms with Crippen molar-refractivity contribution in [2.24, 2.45) is 17.8 Å². The molecule has 0 spiro atoms. The number of carbonyl (C=O) groups excluding carboxylic acids is 4. The van der Waals surface area contributed by atoms with E-state index in [-0.39, 0.29) is 23.8 Å². The Morgan fingerprint density at radius 3 is 2.00 bits per heavy atom. The molecule has 2 fully saturated rings. The van der Waals surface area contributed by atoms with Crippen LogP contribution in [0.3, 0.4) is 0 Å². The Labute approximate surface area is 109 Å². The highest BCUT2D eigenvalue weighted by molar-refractivity contribution is 6.04. The number of hydrogen-bond acceptors (Lipinski definition) is 6. The zero-order valence-electron chi connectivity index (χ0n) is 10.5. The summed E-state index contributed by atoms with van der Waals surface area (Å²) in [5.74, 6) is -1.43. The number of carbonyl (C=O) groups is 4. The van der Waals surface area contributed by atoms with E-state index in [4.69, 9.17) is 0 Å². The summed E-state index contributed by atoms with van der Waals surface area (Å²) in [5, 5.41) is 0. The van der Waals surface area contributed by atoms with Crippen LogP contribution >= 0.6 is 0 Å². The SMILES string of the molecule is CC1CCC2C(=O)OC(=O)C2C1.O=C1C=CC(=O)O1. The van der Waals surface area contributed by atoms with Crippen molar-refractivity contribution >= 4 is 23.9 Å². The predicted molar refractivity (Wildman–Crippen MR) is 61.3 cm³/mol. The Bertz CT molecular complexity index is 448. The third-order valence-electron chi connectivity index (χ3n) is 3.48. The first-order valence-corrected chi connectivity index (χ1v) is 6.16. The molecule has 6 nitrogen and oxygen atoms in total. The van der Waals surface area contributed by atoms with E-state index in [0.29, 0.717) is 5.92 Å². The van der Waals surface area contributed by atoms with Gasteiger partial charge < -0.3 is 9.47 Å². The maximum atomic E-state index is 11.1. The van der Waals surface area contributed by atoms with Crippen LogP contribution in [0.1, 0.15) is 26.2 Å². The van der Waals surface area contributed by atoms with Crippen LogP contribution in [-0.2, 0) is 28.7 Å². The van der Waals surface area contributed by atoms with Gasteiger partial charge in [0.05, 0.1) is 11.8 Å². The summed E-state index contributed by atoms with van der Waals surface area (Å²) in [6.45, 7) is 2.12. The first-order chi connectivity index (χ1) is 8.97. The summed E-state index contributed by atoms with van der Waals surface area (Å²) in [7, 11) is 0.